The third kappa shape index (κ3) is 6.00. The first-order valence-corrected chi connectivity index (χ1v) is 9.69. The van der Waals surface area contributed by atoms with Gasteiger partial charge in [0.1, 0.15) is 4.88 Å². The number of carbonyl (C=O) groups excluding carboxylic acids is 1. The molecule has 0 aliphatic carbocycles. The van der Waals surface area contributed by atoms with E-state index in [-0.39, 0.29) is 5.91 Å². The molecule has 0 radical (unpaired) electrons. The zero-order valence-corrected chi connectivity index (χ0v) is 16.8. The van der Waals surface area contributed by atoms with Crippen LogP contribution in [0.2, 0.25) is 5.02 Å². The Morgan fingerprint density at radius 2 is 2.19 bits per heavy atom. The van der Waals surface area contributed by atoms with Crippen molar-refractivity contribution in [2.24, 2.45) is 4.99 Å². The number of hydrogen-bond acceptors (Lipinski definition) is 4. The number of nitrogens with zero attached hydrogens (tertiary/aromatic N) is 3. The van der Waals surface area contributed by atoms with Crippen LogP contribution < -0.4 is 10.6 Å². The van der Waals surface area contributed by atoms with Gasteiger partial charge in [-0.15, -0.1) is 11.3 Å². The molecular formula is C18H24ClN5OS. The standard InChI is InChI=1S/C18H24ClN5OS/c1-4-20-18(24(3)11-14-6-5-7-15(19)10-14)22-9-8-21-17(25)16-13(2)23-12-26-16/h5-7,10,12H,4,8-9,11H2,1-3H3,(H,20,22)(H,21,25). The van der Waals surface area contributed by atoms with Crippen molar-refractivity contribution in [3.8, 4) is 0 Å². The first kappa shape index (κ1) is 20.2. The van der Waals surface area contributed by atoms with Gasteiger partial charge in [0, 0.05) is 31.7 Å². The van der Waals surface area contributed by atoms with Gasteiger partial charge in [0.05, 0.1) is 17.7 Å². The molecule has 26 heavy (non-hydrogen) atoms. The van der Waals surface area contributed by atoms with Gasteiger partial charge in [0.2, 0.25) is 0 Å². The number of benzene rings is 1. The van der Waals surface area contributed by atoms with E-state index in [1.807, 2.05) is 50.1 Å². The molecule has 0 saturated carbocycles. The highest BCUT2D eigenvalue weighted by atomic mass is 35.5. The maximum absolute atomic E-state index is 12.1. The fraction of sp³-hybridized carbons (Fsp3) is 0.389. The summed E-state index contributed by atoms with van der Waals surface area (Å²) in [6, 6.07) is 7.77. The lowest BCUT2D eigenvalue weighted by molar-refractivity contribution is 0.0958. The van der Waals surface area contributed by atoms with E-state index in [0.717, 1.165) is 28.8 Å². The summed E-state index contributed by atoms with van der Waals surface area (Å²) in [5.74, 6) is 0.688. The van der Waals surface area contributed by atoms with Crippen LogP contribution >= 0.6 is 22.9 Å². The van der Waals surface area contributed by atoms with Crippen LogP contribution in [0.3, 0.4) is 0 Å². The first-order chi connectivity index (χ1) is 12.5. The maximum Gasteiger partial charge on any atom is 0.263 e. The minimum Gasteiger partial charge on any atom is -0.357 e. The van der Waals surface area contributed by atoms with Gasteiger partial charge in [-0.05, 0) is 31.5 Å². The van der Waals surface area contributed by atoms with Gasteiger partial charge in [0.25, 0.3) is 5.91 Å². The molecule has 0 fully saturated rings. The predicted molar refractivity (Wildman–Crippen MR) is 108 cm³/mol. The van der Waals surface area contributed by atoms with Crippen LogP contribution in [-0.2, 0) is 6.54 Å². The topological polar surface area (TPSA) is 69.6 Å². The summed E-state index contributed by atoms with van der Waals surface area (Å²) >= 11 is 7.39. The summed E-state index contributed by atoms with van der Waals surface area (Å²) < 4.78 is 0. The molecule has 1 heterocycles. The van der Waals surface area contributed by atoms with E-state index in [9.17, 15) is 4.79 Å². The molecule has 0 unspecified atom stereocenters. The number of aromatic nitrogens is 1. The predicted octanol–water partition coefficient (Wildman–Crippen LogP) is 2.93. The SMILES string of the molecule is CCNC(=NCCNC(=O)c1scnc1C)N(C)Cc1cccc(Cl)c1. The van der Waals surface area contributed by atoms with E-state index in [0.29, 0.717) is 24.5 Å². The molecule has 1 aromatic heterocycles. The van der Waals surface area contributed by atoms with Crippen LogP contribution in [0.5, 0.6) is 0 Å². The van der Waals surface area contributed by atoms with Crippen molar-refractivity contribution in [2.75, 3.05) is 26.7 Å². The second-order valence-electron chi connectivity index (χ2n) is 5.74. The zero-order valence-electron chi connectivity index (χ0n) is 15.3. The fourth-order valence-electron chi connectivity index (χ4n) is 2.39. The highest BCUT2D eigenvalue weighted by molar-refractivity contribution is 7.11. The van der Waals surface area contributed by atoms with Gasteiger partial charge in [-0.3, -0.25) is 9.79 Å². The first-order valence-electron chi connectivity index (χ1n) is 8.43. The molecule has 0 bridgehead atoms. The third-order valence-electron chi connectivity index (χ3n) is 3.62. The van der Waals surface area contributed by atoms with E-state index in [1.165, 1.54) is 11.3 Å². The molecule has 6 nitrogen and oxygen atoms in total. The molecule has 0 spiro atoms. The van der Waals surface area contributed by atoms with Gasteiger partial charge in [-0.1, -0.05) is 23.7 Å². The third-order valence-corrected chi connectivity index (χ3v) is 4.78. The van der Waals surface area contributed by atoms with E-state index in [2.05, 4.69) is 20.6 Å². The lowest BCUT2D eigenvalue weighted by Gasteiger charge is -2.22. The summed E-state index contributed by atoms with van der Waals surface area (Å²) in [5, 5.41) is 6.87. The number of thiazole rings is 1. The molecule has 0 atom stereocenters. The highest BCUT2D eigenvalue weighted by Crippen LogP contribution is 2.12. The van der Waals surface area contributed by atoms with Gasteiger partial charge in [0.15, 0.2) is 5.96 Å². The molecule has 140 valence electrons. The van der Waals surface area contributed by atoms with Crippen molar-refractivity contribution in [1.29, 1.82) is 0 Å². The van der Waals surface area contributed by atoms with Crippen molar-refractivity contribution in [1.82, 2.24) is 20.5 Å². The van der Waals surface area contributed by atoms with Crippen molar-refractivity contribution < 1.29 is 4.79 Å². The monoisotopic (exact) mass is 393 g/mol. The fourth-order valence-corrected chi connectivity index (χ4v) is 3.32. The van der Waals surface area contributed by atoms with E-state index in [4.69, 9.17) is 11.6 Å². The smallest absolute Gasteiger partial charge is 0.263 e. The molecule has 1 amide bonds. The number of amides is 1. The molecule has 2 aromatic rings. The molecule has 2 rings (SSSR count). The van der Waals surface area contributed by atoms with E-state index >= 15 is 0 Å². The minimum atomic E-state index is -0.0996. The Morgan fingerprint density at radius 3 is 2.85 bits per heavy atom. The molecule has 2 N–H and O–H groups in total. The number of guanidine groups is 1. The average molecular weight is 394 g/mol. The summed E-state index contributed by atoms with van der Waals surface area (Å²) in [6.07, 6.45) is 0. The Bertz CT molecular complexity index is 762. The van der Waals surface area contributed by atoms with Gasteiger partial charge in [-0.25, -0.2) is 4.98 Å². The maximum atomic E-state index is 12.1. The summed E-state index contributed by atoms with van der Waals surface area (Å²) in [4.78, 5) is 23.4. The van der Waals surface area contributed by atoms with E-state index < -0.39 is 0 Å². The molecule has 1 aromatic carbocycles. The van der Waals surface area contributed by atoms with Gasteiger partial charge < -0.3 is 15.5 Å². The van der Waals surface area contributed by atoms with Crippen molar-refractivity contribution >= 4 is 34.8 Å². The summed E-state index contributed by atoms with van der Waals surface area (Å²) in [6.45, 7) is 6.28. The number of aliphatic imine (C=N–C) groups is 1. The summed E-state index contributed by atoms with van der Waals surface area (Å²) in [7, 11) is 1.97. The Balaban J connectivity index is 1.89. The Kier molecular flexibility index (Phi) is 7.87. The van der Waals surface area contributed by atoms with Crippen LogP contribution in [0.25, 0.3) is 0 Å². The second-order valence-corrected chi connectivity index (χ2v) is 7.04. The number of nitrogens with one attached hydrogen (secondary N) is 2. The lowest BCUT2D eigenvalue weighted by atomic mass is 10.2. The largest absolute Gasteiger partial charge is 0.357 e. The van der Waals surface area contributed by atoms with Gasteiger partial charge >= 0.3 is 0 Å². The average Bonchev–Trinajstić information content (AvgIpc) is 3.03. The van der Waals surface area contributed by atoms with Crippen LogP contribution in [-0.4, -0.2) is 48.4 Å². The quantitative estimate of drug-likeness (QED) is 0.431. The number of carbonyl (C=O) groups is 1. The lowest BCUT2D eigenvalue weighted by Crippen LogP contribution is -2.39. The molecule has 0 saturated heterocycles. The summed E-state index contributed by atoms with van der Waals surface area (Å²) in [5.41, 5.74) is 3.54. The van der Waals surface area contributed by atoms with Gasteiger partial charge in [-0.2, -0.15) is 0 Å². The van der Waals surface area contributed by atoms with Crippen molar-refractivity contribution in [3.05, 3.63) is 50.9 Å². The second kappa shape index (κ2) is 10.1. The number of rotatable bonds is 7. The van der Waals surface area contributed by atoms with Crippen LogP contribution in [0.4, 0.5) is 0 Å². The van der Waals surface area contributed by atoms with Crippen LogP contribution in [0.15, 0.2) is 34.8 Å². The minimum absolute atomic E-state index is 0.0996. The highest BCUT2D eigenvalue weighted by Gasteiger charge is 2.11. The molecule has 0 aliphatic rings. The Morgan fingerprint density at radius 1 is 1.38 bits per heavy atom. The Labute approximate surface area is 163 Å². The molecule has 0 aliphatic heterocycles. The molecular weight excluding hydrogens is 370 g/mol. The normalized spacial score (nSPS) is 11.3. The number of aryl methyl sites for hydroxylation is 1. The Hall–Kier alpha value is -2.12. The van der Waals surface area contributed by atoms with Crippen molar-refractivity contribution in [3.63, 3.8) is 0 Å². The van der Waals surface area contributed by atoms with Crippen LogP contribution in [0, 0.1) is 6.92 Å². The van der Waals surface area contributed by atoms with Crippen molar-refractivity contribution in [2.45, 2.75) is 20.4 Å². The van der Waals surface area contributed by atoms with E-state index in [1.54, 1.807) is 5.51 Å². The zero-order chi connectivity index (χ0) is 18.9. The molecule has 8 heteroatoms. The number of halogens is 1. The van der Waals surface area contributed by atoms with Crippen LogP contribution in [0.1, 0.15) is 27.9 Å². The number of hydrogen-bond donors (Lipinski definition) is 2.